The standard InChI is InChI=1S/C16H14ClNO2/c1-2-13-14(16(19)20)4-3-5-15(13)18-10-11-6-8-12(17)9-7-11/h3-10H,2H2,1H3,(H,19,20)/b18-10+. The topological polar surface area (TPSA) is 49.7 Å². The molecular weight excluding hydrogens is 274 g/mol. The summed E-state index contributed by atoms with van der Waals surface area (Å²) in [6.45, 7) is 1.92. The van der Waals surface area contributed by atoms with Crippen LogP contribution >= 0.6 is 11.6 Å². The lowest BCUT2D eigenvalue weighted by molar-refractivity contribution is 0.0696. The Bertz CT molecular complexity index is 648. The van der Waals surface area contributed by atoms with Crippen LogP contribution in [0.5, 0.6) is 0 Å². The third-order valence-electron chi connectivity index (χ3n) is 2.96. The van der Waals surface area contributed by atoms with Gasteiger partial charge in [0.1, 0.15) is 0 Å². The van der Waals surface area contributed by atoms with Gasteiger partial charge in [0.15, 0.2) is 0 Å². The predicted molar refractivity (Wildman–Crippen MR) is 81.5 cm³/mol. The molecule has 0 atom stereocenters. The predicted octanol–water partition coefficient (Wildman–Crippen LogP) is 4.35. The van der Waals surface area contributed by atoms with E-state index in [0.717, 1.165) is 11.1 Å². The molecule has 4 heteroatoms. The minimum atomic E-state index is -0.926. The van der Waals surface area contributed by atoms with Gasteiger partial charge in [-0.15, -0.1) is 0 Å². The molecule has 0 aliphatic heterocycles. The molecule has 2 rings (SSSR count). The molecule has 20 heavy (non-hydrogen) atoms. The van der Waals surface area contributed by atoms with E-state index in [-0.39, 0.29) is 0 Å². The van der Waals surface area contributed by atoms with Crippen LogP contribution < -0.4 is 0 Å². The number of carbonyl (C=O) groups is 1. The first-order valence-corrected chi connectivity index (χ1v) is 6.64. The largest absolute Gasteiger partial charge is 0.478 e. The van der Waals surface area contributed by atoms with Gasteiger partial charge in [-0.1, -0.05) is 36.7 Å². The fraction of sp³-hybridized carbons (Fsp3) is 0.125. The maximum atomic E-state index is 11.2. The summed E-state index contributed by atoms with van der Waals surface area (Å²) in [4.78, 5) is 15.6. The average molecular weight is 288 g/mol. The normalized spacial score (nSPS) is 10.9. The summed E-state index contributed by atoms with van der Waals surface area (Å²) >= 11 is 5.82. The quantitative estimate of drug-likeness (QED) is 0.850. The van der Waals surface area contributed by atoms with E-state index in [1.165, 1.54) is 0 Å². The first kappa shape index (κ1) is 14.3. The Balaban J connectivity index is 2.36. The van der Waals surface area contributed by atoms with Crippen molar-refractivity contribution in [1.29, 1.82) is 0 Å². The molecule has 0 heterocycles. The van der Waals surface area contributed by atoms with Crippen molar-refractivity contribution in [2.45, 2.75) is 13.3 Å². The zero-order chi connectivity index (χ0) is 14.5. The summed E-state index contributed by atoms with van der Waals surface area (Å²) < 4.78 is 0. The molecule has 1 N–H and O–H groups in total. The van der Waals surface area contributed by atoms with Gasteiger partial charge >= 0.3 is 5.97 Å². The number of benzene rings is 2. The van der Waals surface area contributed by atoms with Crippen LogP contribution in [-0.4, -0.2) is 17.3 Å². The van der Waals surface area contributed by atoms with Crippen LogP contribution in [0, 0.1) is 0 Å². The summed E-state index contributed by atoms with van der Waals surface area (Å²) in [6, 6.07) is 12.4. The van der Waals surface area contributed by atoms with E-state index in [2.05, 4.69) is 4.99 Å². The summed E-state index contributed by atoms with van der Waals surface area (Å²) in [6.07, 6.45) is 2.33. The molecule has 3 nitrogen and oxygen atoms in total. The zero-order valence-corrected chi connectivity index (χ0v) is 11.8. The van der Waals surface area contributed by atoms with Crippen molar-refractivity contribution in [3.63, 3.8) is 0 Å². The second kappa shape index (κ2) is 6.35. The minimum Gasteiger partial charge on any atom is -0.478 e. The van der Waals surface area contributed by atoms with E-state index in [0.29, 0.717) is 22.7 Å². The van der Waals surface area contributed by atoms with E-state index in [1.54, 1.807) is 30.5 Å². The smallest absolute Gasteiger partial charge is 0.336 e. The van der Waals surface area contributed by atoms with Crippen molar-refractivity contribution >= 4 is 29.5 Å². The van der Waals surface area contributed by atoms with Gasteiger partial charge in [-0.25, -0.2) is 4.79 Å². The number of carboxylic acid groups (broad SMARTS) is 1. The third kappa shape index (κ3) is 3.25. The van der Waals surface area contributed by atoms with E-state index in [9.17, 15) is 9.90 Å². The molecule has 0 unspecified atom stereocenters. The lowest BCUT2D eigenvalue weighted by Crippen LogP contribution is -2.01. The number of carboxylic acids is 1. The van der Waals surface area contributed by atoms with Crippen LogP contribution in [0.15, 0.2) is 47.5 Å². The molecule has 0 spiro atoms. The van der Waals surface area contributed by atoms with Gasteiger partial charge in [0, 0.05) is 11.2 Å². The molecule has 0 fully saturated rings. The number of halogens is 1. The van der Waals surface area contributed by atoms with Gasteiger partial charge in [0.05, 0.1) is 11.3 Å². The highest BCUT2D eigenvalue weighted by atomic mass is 35.5. The van der Waals surface area contributed by atoms with Crippen molar-refractivity contribution in [2.75, 3.05) is 0 Å². The van der Waals surface area contributed by atoms with Crippen molar-refractivity contribution < 1.29 is 9.90 Å². The summed E-state index contributed by atoms with van der Waals surface area (Å²) in [5.74, 6) is -0.926. The van der Waals surface area contributed by atoms with E-state index in [4.69, 9.17) is 11.6 Å². The first-order valence-electron chi connectivity index (χ1n) is 6.26. The Labute approximate surface area is 122 Å². The van der Waals surface area contributed by atoms with Crippen LogP contribution in [-0.2, 0) is 6.42 Å². The van der Waals surface area contributed by atoms with Crippen molar-refractivity contribution in [3.8, 4) is 0 Å². The number of hydrogen-bond acceptors (Lipinski definition) is 2. The van der Waals surface area contributed by atoms with E-state index in [1.807, 2.05) is 25.1 Å². The third-order valence-corrected chi connectivity index (χ3v) is 3.21. The molecule has 102 valence electrons. The second-order valence-corrected chi connectivity index (χ2v) is 4.71. The molecule has 0 aromatic heterocycles. The summed E-state index contributed by atoms with van der Waals surface area (Å²) in [5.41, 5.74) is 2.64. The van der Waals surface area contributed by atoms with Crippen LogP contribution in [0.2, 0.25) is 5.02 Å². The Morgan fingerprint density at radius 3 is 2.55 bits per heavy atom. The monoisotopic (exact) mass is 287 g/mol. The van der Waals surface area contributed by atoms with Crippen molar-refractivity contribution in [2.24, 2.45) is 4.99 Å². The first-order chi connectivity index (χ1) is 9.61. The SMILES string of the molecule is CCc1c(/N=C/c2ccc(Cl)cc2)cccc1C(=O)O. The molecular formula is C16H14ClNO2. The van der Waals surface area contributed by atoms with Gasteiger partial charge in [-0.05, 0) is 41.8 Å². The Kier molecular flexibility index (Phi) is 4.53. The fourth-order valence-electron chi connectivity index (χ4n) is 1.96. The lowest BCUT2D eigenvalue weighted by Gasteiger charge is -2.06. The zero-order valence-electron chi connectivity index (χ0n) is 11.0. The van der Waals surface area contributed by atoms with Crippen LogP contribution in [0.4, 0.5) is 5.69 Å². The summed E-state index contributed by atoms with van der Waals surface area (Å²) in [5, 5.41) is 9.84. The van der Waals surface area contributed by atoms with Gasteiger partial charge in [0.25, 0.3) is 0 Å². The second-order valence-electron chi connectivity index (χ2n) is 4.27. The van der Waals surface area contributed by atoms with Crippen LogP contribution in [0.25, 0.3) is 0 Å². The molecule has 0 saturated heterocycles. The highest BCUT2D eigenvalue weighted by Crippen LogP contribution is 2.23. The molecule has 0 aliphatic carbocycles. The molecule has 0 aliphatic rings. The maximum absolute atomic E-state index is 11.2. The molecule has 2 aromatic carbocycles. The molecule has 0 radical (unpaired) electrons. The number of nitrogens with zero attached hydrogens (tertiary/aromatic N) is 1. The van der Waals surface area contributed by atoms with Crippen molar-refractivity contribution in [3.05, 3.63) is 64.2 Å². The number of rotatable bonds is 4. The van der Waals surface area contributed by atoms with Crippen LogP contribution in [0.3, 0.4) is 0 Å². The number of aromatic carboxylic acids is 1. The van der Waals surface area contributed by atoms with Gasteiger partial charge in [-0.2, -0.15) is 0 Å². The van der Waals surface area contributed by atoms with Crippen LogP contribution in [0.1, 0.15) is 28.4 Å². The lowest BCUT2D eigenvalue weighted by atomic mass is 10.0. The molecule has 2 aromatic rings. The summed E-state index contributed by atoms with van der Waals surface area (Å²) in [7, 11) is 0. The van der Waals surface area contributed by atoms with Gasteiger partial charge in [0.2, 0.25) is 0 Å². The number of aliphatic imine (C=N–C) groups is 1. The molecule has 0 amide bonds. The number of hydrogen-bond donors (Lipinski definition) is 1. The van der Waals surface area contributed by atoms with Crippen molar-refractivity contribution in [1.82, 2.24) is 0 Å². The average Bonchev–Trinajstić information content (AvgIpc) is 2.46. The highest BCUT2D eigenvalue weighted by Gasteiger charge is 2.11. The van der Waals surface area contributed by atoms with Gasteiger partial charge in [-0.3, -0.25) is 4.99 Å². The van der Waals surface area contributed by atoms with Gasteiger partial charge < -0.3 is 5.11 Å². The minimum absolute atomic E-state index is 0.304. The Hall–Kier alpha value is -2.13. The molecule has 0 saturated carbocycles. The fourth-order valence-corrected chi connectivity index (χ4v) is 2.09. The highest BCUT2D eigenvalue weighted by molar-refractivity contribution is 6.30. The maximum Gasteiger partial charge on any atom is 0.336 e. The Morgan fingerprint density at radius 1 is 1.25 bits per heavy atom. The Morgan fingerprint density at radius 2 is 1.95 bits per heavy atom. The van der Waals surface area contributed by atoms with E-state index >= 15 is 0 Å². The van der Waals surface area contributed by atoms with E-state index < -0.39 is 5.97 Å². The molecule has 0 bridgehead atoms.